The number of rotatable bonds is 1. The van der Waals surface area contributed by atoms with E-state index < -0.39 is 0 Å². The fourth-order valence-corrected chi connectivity index (χ4v) is 1.76. The molecule has 0 heterocycles. The van der Waals surface area contributed by atoms with Crippen molar-refractivity contribution in [2.45, 2.75) is 52.4 Å². The summed E-state index contributed by atoms with van der Waals surface area (Å²) in [5.74, 6) is 0.987. The molecule has 0 aromatic heterocycles. The average molecular weight is 220 g/mol. The first-order valence-electron chi connectivity index (χ1n) is 5.85. The van der Waals surface area contributed by atoms with Crippen LogP contribution in [-0.4, -0.2) is 7.11 Å². The molecule has 0 spiro atoms. The van der Waals surface area contributed by atoms with Crippen molar-refractivity contribution < 1.29 is 4.74 Å². The molecule has 16 heavy (non-hydrogen) atoms. The molecule has 0 saturated carbocycles. The molecule has 0 radical (unpaired) electrons. The lowest BCUT2D eigenvalue weighted by Crippen LogP contribution is -2.17. The first-order chi connectivity index (χ1) is 7.16. The molecule has 0 aliphatic rings. The fourth-order valence-electron chi connectivity index (χ4n) is 1.76. The lowest BCUT2D eigenvalue weighted by molar-refractivity contribution is 0.396. The summed E-state index contributed by atoms with van der Waals surface area (Å²) in [6, 6.07) is 6.52. The van der Waals surface area contributed by atoms with Gasteiger partial charge in [0.05, 0.1) is 7.11 Å². The van der Waals surface area contributed by atoms with Crippen LogP contribution in [0.25, 0.3) is 0 Å². The summed E-state index contributed by atoms with van der Waals surface area (Å²) in [7, 11) is 1.74. The van der Waals surface area contributed by atoms with E-state index in [4.69, 9.17) is 4.74 Å². The number of methoxy groups -OCH3 is 1. The summed E-state index contributed by atoms with van der Waals surface area (Å²) < 4.78 is 5.44. The first-order valence-corrected chi connectivity index (χ1v) is 5.85. The molecule has 0 N–H and O–H groups in total. The van der Waals surface area contributed by atoms with Crippen LogP contribution in [0.3, 0.4) is 0 Å². The standard InChI is InChI=1S/C15H24O/c1-14(2,3)11-8-9-13(16-7)12(10-11)15(4,5)6/h8-10H,1-7H3. The SMILES string of the molecule is COc1ccc(C(C)(C)C)cc1C(C)(C)C. The smallest absolute Gasteiger partial charge is 0.122 e. The molecule has 0 saturated heterocycles. The lowest BCUT2D eigenvalue weighted by Gasteiger charge is -2.26. The van der Waals surface area contributed by atoms with Gasteiger partial charge in [0.2, 0.25) is 0 Å². The van der Waals surface area contributed by atoms with Crippen molar-refractivity contribution in [2.24, 2.45) is 0 Å². The highest BCUT2D eigenvalue weighted by Crippen LogP contribution is 2.35. The van der Waals surface area contributed by atoms with Crippen molar-refractivity contribution in [1.82, 2.24) is 0 Å². The monoisotopic (exact) mass is 220 g/mol. The second-order valence-electron chi connectivity index (χ2n) is 6.42. The largest absolute Gasteiger partial charge is 0.496 e. The third-order valence-corrected chi connectivity index (χ3v) is 2.87. The predicted molar refractivity (Wildman–Crippen MR) is 70.4 cm³/mol. The van der Waals surface area contributed by atoms with Crippen LogP contribution in [0.2, 0.25) is 0 Å². The Bertz CT molecular complexity index is 364. The molecule has 0 aliphatic carbocycles. The van der Waals surface area contributed by atoms with Crippen LogP contribution in [0, 0.1) is 0 Å². The van der Waals surface area contributed by atoms with Crippen molar-refractivity contribution in [3.63, 3.8) is 0 Å². The molecule has 0 amide bonds. The number of ether oxygens (including phenoxy) is 1. The van der Waals surface area contributed by atoms with Crippen LogP contribution in [0.4, 0.5) is 0 Å². The molecule has 0 aliphatic heterocycles. The fraction of sp³-hybridized carbons (Fsp3) is 0.600. The normalized spacial score (nSPS) is 12.7. The van der Waals surface area contributed by atoms with Crippen molar-refractivity contribution in [1.29, 1.82) is 0 Å². The zero-order chi connectivity index (χ0) is 12.6. The molecule has 1 aromatic carbocycles. The van der Waals surface area contributed by atoms with E-state index >= 15 is 0 Å². The Morgan fingerprint density at radius 1 is 0.875 bits per heavy atom. The third-order valence-electron chi connectivity index (χ3n) is 2.87. The zero-order valence-corrected chi connectivity index (χ0v) is 11.6. The van der Waals surface area contributed by atoms with Crippen LogP contribution in [0.15, 0.2) is 18.2 Å². The van der Waals surface area contributed by atoms with Crippen LogP contribution in [-0.2, 0) is 10.8 Å². The topological polar surface area (TPSA) is 9.23 Å². The van der Waals surface area contributed by atoms with Gasteiger partial charge in [0.15, 0.2) is 0 Å². The number of hydrogen-bond donors (Lipinski definition) is 0. The van der Waals surface area contributed by atoms with Gasteiger partial charge in [0.25, 0.3) is 0 Å². The van der Waals surface area contributed by atoms with Gasteiger partial charge in [-0.05, 0) is 28.0 Å². The molecule has 1 rings (SSSR count). The minimum absolute atomic E-state index is 0.118. The van der Waals surface area contributed by atoms with E-state index in [1.165, 1.54) is 11.1 Å². The van der Waals surface area contributed by atoms with Gasteiger partial charge in [-0.2, -0.15) is 0 Å². The van der Waals surface area contributed by atoms with Gasteiger partial charge in [-0.25, -0.2) is 0 Å². The van der Waals surface area contributed by atoms with E-state index in [1.807, 2.05) is 0 Å². The summed E-state index contributed by atoms with van der Waals surface area (Å²) in [5, 5.41) is 0. The summed E-state index contributed by atoms with van der Waals surface area (Å²) in [6.07, 6.45) is 0. The number of benzene rings is 1. The van der Waals surface area contributed by atoms with E-state index in [-0.39, 0.29) is 10.8 Å². The van der Waals surface area contributed by atoms with Crippen molar-refractivity contribution in [2.75, 3.05) is 7.11 Å². The van der Waals surface area contributed by atoms with Crippen molar-refractivity contribution in [3.8, 4) is 5.75 Å². The molecule has 0 bridgehead atoms. The van der Waals surface area contributed by atoms with Gasteiger partial charge in [-0.3, -0.25) is 0 Å². The minimum Gasteiger partial charge on any atom is -0.496 e. The molecule has 1 heteroatoms. The Morgan fingerprint density at radius 2 is 1.44 bits per heavy atom. The van der Waals surface area contributed by atoms with Crippen LogP contribution in [0.5, 0.6) is 5.75 Å². The molecular formula is C15H24O. The van der Waals surface area contributed by atoms with E-state index in [2.05, 4.69) is 59.7 Å². The average Bonchev–Trinajstić information content (AvgIpc) is 2.14. The Hall–Kier alpha value is -0.980. The van der Waals surface area contributed by atoms with Gasteiger partial charge < -0.3 is 4.74 Å². The molecule has 0 unspecified atom stereocenters. The van der Waals surface area contributed by atoms with E-state index in [1.54, 1.807) is 7.11 Å². The molecule has 90 valence electrons. The lowest BCUT2D eigenvalue weighted by atomic mass is 9.80. The predicted octanol–water partition coefficient (Wildman–Crippen LogP) is 4.29. The quantitative estimate of drug-likeness (QED) is 0.686. The van der Waals surface area contributed by atoms with Gasteiger partial charge in [0, 0.05) is 0 Å². The molecular weight excluding hydrogens is 196 g/mol. The highest BCUT2D eigenvalue weighted by Gasteiger charge is 2.22. The molecule has 1 nitrogen and oxygen atoms in total. The van der Waals surface area contributed by atoms with Crippen LogP contribution >= 0.6 is 0 Å². The van der Waals surface area contributed by atoms with E-state index in [0.29, 0.717) is 0 Å². The number of hydrogen-bond acceptors (Lipinski definition) is 1. The first kappa shape index (κ1) is 13.1. The van der Waals surface area contributed by atoms with Gasteiger partial charge in [0.1, 0.15) is 5.75 Å². The highest BCUT2D eigenvalue weighted by atomic mass is 16.5. The zero-order valence-electron chi connectivity index (χ0n) is 11.6. The van der Waals surface area contributed by atoms with Gasteiger partial charge in [-0.15, -0.1) is 0 Å². The Labute approximate surface area is 99.8 Å². The maximum atomic E-state index is 5.44. The van der Waals surface area contributed by atoms with Gasteiger partial charge in [-0.1, -0.05) is 53.7 Å². The highest BCUT2D eigenvalue weighted by molar-refractivity contribution is 5.43. The summed E-state index contributed by atoms with van der Waals surface area (Å²) in [4.78, 5) is 0. The Balaban J connectivity index is 3.34. The summed E-state index contributed by atoms with van der Waals surface area (Å²) >= 11 is 0. The second kappa shape index (κ2) is 4.12. The van der Waals surface area contributed by atoms with Gasteiger partial charge >= 0.3 is 0 Å². The summed E-state index contributed by atoms with van der Waals surface area (Å²) in [5.41, 5.74) is 2.94. The third kappa shape index (κ3) is 2.78. The summed E-state index contributed by atoms with van der Waals surface area (Å²) in [6.45, 7) is 13.4. The van der Waals surface area contributed by atoms with Crippen LogP contribution in [0.1, 0.15) is 52.7 Å². The van der Waals surface area contributed by atoms with Crippen molar-refractivity contribution in [3.05, 3.63) is 29.3 Å². The minimum atomic E-state index is 0.118. The molecule has 0 fully saturated rings. The second-order valence-corrected chi connectivity index (χ2v) is 6.42. The molecule has 1 aromatic rings. The Morgan fingerprint density at radius 3 is 1.81 bits per heavy atom. The molecule has 0 atom stereocenters. The van der Waals surface area contributed by atoms with Crippen LogP contribution < -0.4 is 4.74 Å². The maximum absolute atomic E-state index is 5.44. The van der Waals surface area contributed by atoms with E-state index in [9.17, 15) is 0 Å². The van der Waals surface area contributed by atoms with E-state index in [0.717, 1.165) is 5.75 Å². The maximum Gasteiger partial charge on any atom is 0.122 e. The Kier molecular flexibility index (Phi) is 3.37. The van der Waals surface area contributed by atoms with Crippen molar-refractivity contribution >= 4 is 0 Å².